The number of anilines is 3. The Morgan fingerprint density at radius 1 is 0.531 bits per heavy atom. The Morgan fingerprint density at radius 2 is 1.19 bits per heavy atom. The molecular formula is C29H19BrN2. The first-order chi connectivity index (χ1) is 15.8. The predicted molar refractivity (Wildman–Crippen MR) is 136 cm³/mol. The fraction of sp³-hybridized carbons (Fsp3) is 0. The minimum atomic E-state index is 0.895. The van der Waals surface area contributed by atoms with Gasteiger partial charge in [-0.15, -0.1) is 0 Å². The van der Waals surface area contributed by atoms with Gasteiger partial charge in [0.25, 0.3) is 0 Å². The van der Waals surface area contributed by atoms with E-state index in [4.69, 9.17) is 4.98 Å². The van der Waals surface area contributed by atoms with E-state index in [-0.39, 0.29) is 0 Å². The van der Waals surface area contributed by atoms with E-state index in [0.717, 1.165) is 21.7 Å². The molecule has 0 saturated carbocycles. The molecule has 0 fully saturated rings. The zero-order valence-corrected chi connectivity index (χ0v) is 18.8. The quantitative estimate of drug-likeness (QED) is 0.249. The standard InChI is InChI=1S/C29H19BrN2/c30-22-14-16-26-24-11-5-4-10-23(24)25-15-13-21(20-8-2-1-3-9-20)18-27(25)32(28(26)19-22)29-12-6-7-17-31-29/h1-19H. The molecule has 1 aliphatic heterocycles. The SMILES string of the molecule is Brc1ccc2c(c1)N(c1ccccn1)c1cc(-c3ccccc3)ccc1-c1ccccc1-2. The third-order valence-electron chi connectivity index (χ3n) is 5.93. The fourth-order valence-corrected chi connectivity index (χ4v) is 4.84. The summed E-state index contributed by atoms with van der Waals surface area (Å²) in [6.45, 7) is 0. The fourth-order valence-electron chi connectivity index (χ4n) is 4.49. The smallest absolute Gasteiger partial charge is 0.137 e. The van der Waals surface area contributed by atoms with Crippen LogP contribution < -0.4 is 4.90 Å². The van der Waals surface area contributed by atoms with Gasteiger partial charge in [-0.05, 0) is 52.6 Å². The Morgan fingerprint density at radius 3 is 1.91 bits per heavy atom. The number of rotatable bonds is 2. The molecule has 6 rings (SSSR count). The monoisotopic (exact) mass is 474 g/mol. The van der Waals surface area contributed by atoms with Crippen molar-refractivity contribution in [3.63, 3.8) is 0 Å². The molecule has 0 aliphatic carbocycles. The Balaban J connectivity index is 1.72. The van der Waals surface area contributed by atoms with E-state index in [0.29, 0.717) is 0 Å². The van der Waals surface area contributed by atoms with Crippen LogP contribution in [0.5, 0.6) is 0 Å². The second-order valence-electron chi connectivity index (χ2n) is 7.83. The molecule has 0 atom stereocenters. The Hall–Kier alpha value is -3.69. The van der Waals surface area contributed by atoms with Crippen molar-refractivity contribution in [3.05, 3.63) is 120 Å². The molecule has 152 valence electrons. The first kappa shape index (κ1) is 19.0. The highest BCUT2D eigenvalue weighted by Gasteiger charge is 2.27. The summed E-state index contributed by atoms with van der Waals surface area (Å²) in [4.78, 5) is 7.03. The highest BCUT2D eigenvalue weighted by atomic mass is 79.9. The highest BCUT2D eigenvalue weighted by molar-refractivity contribution is 9.10. The van der Waals surface area contributed by atoms with Gasteiger partial charge in [-0.25, -0.2) is 4.98 Å². The number of pyridine rings is 1. The van der Waals surface area contributed by atoms with Gasteiger partial charge in [0.05, 0.1) is 11.4 Å². The maximum atomic E-state index is 4.75. The first-order valence-electron chi connectivity index (χ1n) is 10.6. The molecule has 2 heterocycles. The Bertz CT molecular complexity index is 1430. The van der Waals surface area contributed by atoms with E-state index >= 15 is 0 Å². The zero-order valence-electron chi connectivity index (χ0n) is 17.2. The van der Waals surface area contributed by atoms with Crippen LogP contribution in [0, 0.1) is 0 Å². The van der Waals surface area contributed by atoms with E-state index < -0.39 is 0 Å². The minimum Gasteiger partial charge on any atom is -0.294 e. The van der Waals surface area contributed by atoms with E-state index in [2.05, 4.69) is 118 Å². The van der Waals surface area contributed by atoms with Crippen LogP contribution in [-0.4, -0.2) is 4.98 Å². The molecule has 5 aromatic rings. The van der Waals surface area contributed by atoms with Crippen LogP contribution in [0.3, 0.4) is 0 Å². The second kappa shape index (κ2) is 7.77. The van der Waals surface area contributed by atoms with Crippen molar-refractivity contribution >= 4 is 33.1 Å². The van der Waals surface area contributed by atoms with Gasteiger partial charge in [-0.2, -0.15) is 0 Å². The number of aromatic nitrogens is 1. The van der Waals surface area contributed by atoms with Gasteiger partial charge in [0.1, 0.15) is 5.82 Å². The summed E-state index contributed by atoms with van der Waals surface area (Å²) < 4.78 is 1.04. The number of hydrogen-bond acceptors (Lipinski definition) is 2. The van der Waals surface area contributed by atoms with Crippen LogP contribution >= 0.6 is 15.9 Å². The van der Waals surface area contributed by atoms with Crippen molar-refractivity contribution in [2.24, 2.45) is 0 Å². The minimum absolute atomic E-state index is 0.895. The molecule has 0 unspecified atom stereocenters. The van der Waals surface area contributed by atoms with Crippen molar-refractivity contribution < 1.29 is 0 Å². The molecule has 0 amide bonds. The highest BCUT2D eigenvalue weighted by Crippen LogP contribution is 2.51. The maximum Gasteiger partial charge on any atom is 0.137 e. The van der Waals surface area contributed by atoms with Crippen molar-refractivity contribution in [1.29, 1.82) is 0 Å². The molecule has 4 aromatic carbocycles. The van der Waals surface area contributed by atoms with Crippen LogP contribution in [0.4, 0.5) is 17.2 Å². The van der Waals surface area contributed by atoms with E-state index in [1.165, 1.54) is 33.4 Å². The number of nitrogens with zero attached hydrogens (tertiary/aromatic N) is 2. The molecule has 0 N–H and O–H groups in total. The zero-order chi connectivity index (χ0) is 21.5. The third-order valence-corrected chi connectivity index (χ3v) is 6.43. The van der Waals surface area contributed by atoms with Crippen molar-refractivity contribution in [2.45, 2.75) is 0 Å². The molecular weight excluding hydrogens is 456 g/mol. The normalized spacial score (nSPS) is 11.8. The second-order valence-corrected chi connectivity index (χ2v) is 8.74. The summed E-state index contributed by atoms with van der Waals surface area (Å²) >= 11 is 3.70. The number of fused-ring (bicyclic) bond motifs is 5. The lowest BCUT2D eigenvalue weighted by atomic mass is 9.93. The molecule has 1 aromatic heterocycles. The molecule has 2 nitrogen and oxygen atoms in total. The molecule has 0 saturated heterocycles. The largest absolute Gasteiger partial charge is 0.294 e. The molecule has 32 heavy (non-hydrogen) atoms. The third kappa shape index (κ3) is 3.14. The lowest BCUT2D eigenvalue weighted by Crippen LogP contribution is -2.12. The van der Waals surface area contributed by atoms with Crippen LogP contribution in [0.2, 0.25) is 0 Å². The van der Waals surface area contributed by atoms with Crippen LogP contribution in [0.15, 0.2) is 120 Å². The topological polar surface area (TPSA) is 16.1 Å². The lowest BCUT2D eigenvalue weighted by molar-refractivity contribution is 1.18. The number of benzene rings is 4. The van der Waals surface area contributed by atoms with Crippen molar-refractivity contribution in [2.75, 3.05) is 4.90 Å². The summed E-state index contributed by atoms with van der Waals surface area (Å²) in [5.41, 5.74) is 9.43. The van der Waals surface area contributed by atoms with Crippen molar-refractivity contribution in [3.8, 4) is 33.4 Å². The summed E-state index contributed by atoms with van der Waals surface area (Å²) in [5, 5.41) is 0. The van der Waals surface area contributed by atoms with Crippen molar-refractivity contribution in [1.82, 2.24) is 4.98 Å². The molecule has 0 spiro atoms. The molecule has 0 radical (unpaired) electrons. The Labute approximate surface area is 196 Å². The van der Waals surface area contributed by atoms with Gasteiger partial charge in [0.15, 0.2) is 0 Å². The maximum absolute atomic E-state index is 4.75. The summed E-state index contributed by atoms with van der Waals surface area (Å²) in [5.74, 6) is 0.895. The summed E-state index contributed by atoms with van der Waals surface area (Å²) in [6.07, 6.45) is 1.85. The van der Waals surface area contributed by atoms with Crippen LogP contribution in [0.1, 0.15) is 0 Å². The van der Waals surface area contributed by atoms with E-state index in [9.17, 15) is 0 Å². The summed E-state index contributed by atoms with van der Waals surface area (Å²) in [6, 6.07) is 38.5. The first-order valence-corrected chi connectivity index (χ1v) is 11.4. The number of halogens is 1. The van der Waals surface area contributed by atoms with Crippen LogP contribution in [0.25, 0.3) is 33.4 Å². The Kier molecular flexibility index (Phi) is 4.62. The van der Waals surface area contributed by atoms with Gasteiger partial charge >= 0.3 is 0 Å². The summed E-state index contributed by atoms with van der Waals surface area (Å²) in [7, 11) is 0. The van der Waals surface area contributed by atoms with Gasteiger partial charge in [0.2, 0.25) is 0 Å². The van der Waals surface area contributed by atoms with Gasteiger partial charge in [-0.3, -0.25) is 4.90 Å². The molecule has 1 aliphatic rings. The lowest BCUT2D eigenvalue weighted by Gasteiger charge is -2.27. The average molecular weight is 475 g/mol. The van der Waals surface area contributed by atoms with Gasteiger partial charge in [0, 0.05) is 21.8 Å². The van der Waals surface area contributed by atoms with E-state index in [1.54, 1.807) is 0 Å². The average Bonchev–Trinajstić information content (AvgIpc) is 2.97. The van der Waals surface area contributed by atoms with E-state index in [1.807, 2.05) is 18.3 Å². The molecule has 3 heteroatoms. The predicted octanol–water partition coefficient (Wildman–Crippen LogP) is 8.63. The number of hydrogen-bond donors (Lipinski definition) is 0. The van der Waals surface area contributed by atoms with Gasteiger partial charge in [-0.1, -0.05) is 94.8 Å². The van der Waals surface area contributed by atoms with Gasteiger partial charge < -0.3 is 0 Å². The molecule has 0 bridgehead atoms. The van der Waals surface area contributed by atoms with Crippen LogP contribution in [-0.2, 0) is 0 Å².